The predicted octanol–water partition coefficient (Wildman–Crippen LogP) is 2.88. The number of nitrogens with zero attached hydrogens (tertiary/aromatic N) is 7. The normalized spacial score (nSPS) is 12.6. The van der Waals surface area contributed by atoms with Crippen LogP contribution >= 0.6 is 0 Å². The minimum Gasteiger partial charge on any atom is -0.339 e. The van der Waals surface area contributed by atoms with E-state index in [1.54, 1.807) is 17.1 Å². The number of benzene rings is 1. The molecule has 8 nitrogen and oxygen atoms in total. The molecule has 3 aromatic heterocycles. The van der Waals surface area contributed by atoms with Crippen molar-refractivity contribution >= 4 is 0 Å². The summed E-state index contributed by atoms with van der Waals surface area (Å²) in [5, 5.41) is 8.38. The zero-order chi connectivity index (χ0) is 18.5. The summed E-state index contributed by atoms with van der Waals surface area (Å²) in [4.78, 5) is 13.3. The Morgan fingerprint density at radius 2 is 2.15 bits per heavy atom. The number of halogens is 1. The molecule has 0 N–H and O–H groups in total. The smallest absolute Gasteiger partial charge is 0.227 e. The van der Waals surface area contributed by atoms with Crippen LogP contribution in [0.1, 0.15) is 25.4 Å². The molecule has 9 heteroatoms. The molecule has 0 fully saturated rings. The minimum absolute atomic E-state index is 0.330. The van der Waals surface area contributed by atoms with E-state index >= 15 is 0 Å². The highest BCUT2D eigenvalue weighted by atomic mass is 19.1. The first-order valence-corrected chi connectivity index (χ1v) is 8.67. The van der Waals surface area contributed by atoms with Gasteiger partial charge >= 0.3 is 0 Å². The van der Waals surface area contributed by atoms with E-state index in [4.69, 9.17) is 4.52 Å². The molecule has 0 saturated heterocycles. The molecule has 1 aliphatic heterocycles. The van der Waals surface area contributed by atoms with Gasteiger partial charge in [-0.2, -0.15) is 10.1 Å². The summed E-state index contributed by atoms with van der Waals surface area (Å²) in [5.74, 6) is 1.71. The van der Waals surface area contributed by atoms with E-state index in [-0.39, 0.29) is 5.82 Å². The van der Waals surface area contributed by atoms with Gasteiger partial charge in [-0.3, -0.25) is 4.57 Å². The lowest BCUT2D eigenvalue weighted by atomic mass is 10.1. The Morgan fingerprint density at radius 1 is 1.26 bits per heavy atom. The molecule has 5 rings (SSSR count). The monoisotopic (exact) mass is 365 g/mol. The number of hydrogen-bond donors (Lipinski definition) is 0. The van der Waals surface area contributed by atoms with Crippen molar-refractivity contribution in [2.24, 2.45) is 5.92 Å². The van der Waals surface area contributed by atoms with Gasteiger partial charge in [-0.15, -0.1) is 0 Å². The lowest BCUT2D eigenvalue weighted by Gasteiger charge is -2.08. The molecule has 0 saturated carbocycles. The maximum atomic E-state index is 13.9. The van der Waals surface area contributed by atoms with E-state index in [1.807, 2.05) is 4.57 Å². The Hall–Kier alpha value is -3.36. The van der Waals surface area contributed by atoms with E-state index in [0.717, 1.165) is 11.4 Å². The van der Waals surface area contributed by atoms with Crippen molar-refractivity contribution in [3.63, 3.8) is 0 Å². The molecular formula is C18H16FN7O. The third-order valence-electron chi connectivity index (χ3n) is 4.50. The molecule has 4 heterocycles. The Bertz CT molecular complexity index is 1140. The van der Waals surface area contributed by atoms with Crippen LogP contribution < -0.4 is 0 Å². The first kappa shape index (κ1) is 15.9. The third-order valence-corrected chi connectivity index (χ3v) is 4.50. The molecule has 0 amide bonds. The number of aromatic nitrogens is 7. The molecule has 1 aliphatic rings. The molecule has 4 aromatic rings. The highest BCUT2D eigenvalue weighted by Crippen LogP contribution is 2.33. The van der Waals surface area contributed by atoms with Gasteiger partial charge in [0.15, 0.2) is 5.82 Å². The van der Waals surface area contributed by atoms with Crippen LogP contribution in [0.25, 0.3) is 28.6 Å². The Morgan fingerprint density at radius 3 is 3.00 bits per heavy atom. The maximum absolute atomic E-state index is 13.9. The lowest BCUT2D eigenvalue weighted by Crippen LogP contribution is -2.06. The van der Waals surface area contributed by atoms with Crippen molar-refractivity contribution in [1.82, 2.24) is 34.5 Å². The molecule has 0 atom stereocenters. The van der Waals surface area contributed by atoms with Crippen LogP contribution in [-0.4, -0.2) is 34.5 Å². The van der Waals surface area contributed by atoms with Crippen molar-refractivity contribution in [3.05, 3.63) is 48.3 Å². The molecule has 136 valence electrons. The minimum atomic E-state index is -0.330. The highest BCUT2D eigenvalue weighted by Gasteiger charge is 2.26. The topological polar surface area (TPSA) is 87.5 Å². The lowest BCUT2D eigenvalue weighted by molar-refractivity contribution is 0.363. The van der Waals surface area contributed by atoms with Crippen molar-refractivity contribution in [2.45, 2.75) is 26.8 Å². The summed E-state index contributed by atoms with van der Waals surface area (Å²) in [6.07, 6.45) is 3.86. The van der Waals surface area contributed by atoms with E-state index in [2.05, 4.69) is 39.1 Å². The fraction of sp³-hybridized carbons (Fsp3) is 0.278. The zero-order valence-corrected chi connectivity index (χ0v) is 14.8. The summed E-state index contributed by atoms with van der Waals surface area (Å²) in [7, 11) is 0. The second kappa shape index (κ2) is 5.83. The molecular weight excluding hydrogens is 349 g/mol. The zero-order valence-electron chi connectivity index (χ0n) is 14.8. The van der Waals surface area contributed by atoms with Gasteiger partial charge in [0.05, 0.1) is 17.9 Å². The average Bonchev–Trinajstić information content (AvgIpc) is 3.34. The standard InChI is InChI=1S/C18H16FN7O/c1-10(2)5-15-23-17(24-27-15)16-14-7-26-18(20-8-22-26)12-6-11(19)3-4-13(12)25(14)9-21-16/h3-4,6,8-10H,5,7H2,1-2H3. The second-order valence-corrected chi connectivity index (χ2v) is 6.92. The fourth-order valence-electron chi connectivity index (χ4n) is 3.33. The summed E-state index contributed by atoms with van der Waals surface area (Å²) < 4.78 is 22.9. The van der Waals surface area contributed by atoms with Crippen molar-refractivity contribution < 1.29 is 8.91 Å². The third kappa shape index (κ3) is 2.54. The SMILES string of the molecule is CC(C)Cc1nc(-c2ncn3c2Cn2ncnc2-c2cc(F)ccc2-3)no1. The van der Waals surface area contributed by atoms with Gasteiger partial charge < -0.3 is 4.52 Å². The number of fused-ring (bicyclic) bond motifs is 5. The van der Waals surface area contributed by atoms with Crippen LogP contribution in [0.15, 0.2) is 35.4 Å². The van der Waals surface area contributed by atoms with Crippen LogP contribution in [0, 0.1) is 11.7 Å². The molecule has 0 aliphatic carbocycles. The van der Waals surface area contributed by atoms with Gasteiger partial charge in [0.1, 0.15) is 24.2 Å². The summed E-state index contributed by atoms with van der Waals surface area (Å²) in [6, 6.07) is 4.59. The van der Waals surface area contributed by atoms with Gasteiger partial charge in [-0.1, -0.05) is 19.0 Å². The van der Waals surface area contributed by atoms with Gasteiger partial charge in [0.25, 0.3) is 0 Å². The van der Waals surface area contributed by atoms with E-state index < -0.39 is 0 Å². The van der Waals surface area contributed by atoms with E-state index in [1.165, 1.54) is 18.5 Å². The van der Waals surface area contributed by atoms with Crippen LogP contribution in [0.2, 0.25) is 0 Å². The van der Waals surface area contributed by atoms with Gasteiger partial charge in [-0.25, -0.2) is 19.0 Å². The molecule has 0 bridgehead atoms. The van der Waals surface area contributed by atoms with Gasteiger partial charge in [-0.05, 0) is 24.1 Å². The predicted molar refractivity (Wildman–Crippen MR) is 93.5 cm³/mol. The molecule has 1 aromatic carbocycles. The van der Waals surface area contributed by atoms with Crippen molar-refractivity contribution in [2.75, 3.05) is 0 Å². The first-order chi connectivity index (χ1) is 13.1. The first-order valence-electron chi connectivity index (χ1n) is 8.67. The number of hydrogen-bond acceptors (Lipinski definition) is 6. The van der Waals surface area contributed by atoms with Crippen LogP contribution in [0.4, 0.5) is 4.39 Å². The van der Waals surface area contributed by atoms with Crippen LogP contribution in [0.3, 0.4) is 0 Å². The number of imidazole rings is 1. The maximum Gasteiger partial charge on any atom is 0.227 e. The van der Waals surface area contributed by atoms with Crippen LogP contribution in [-0.2, 0) is 13.0 Å². The van der Waals surface area contributed by atoms with Crippen molar-refractivity contribution in [1.29, 1.82) is 0 Å². The van der Waals surface area contributed by atoms with E-state index in [9.17, 15) is 4.39 Å². The largest absolute Gasteiger partial charge is 0.339 e. The van der Waals surface area contributed by atoms with Crippen molar-refractivity contribution in [3.8, 4) is 28.6 Å². The Balaban J connectivity index is 1.68. The second-order valence-electron chi connectivity index (χ2n) is 6.92. The van der Waals surface area contributed by atoms with Crippen LogP contribution in [0.5, 0.6) is 0 Å². The molecule has 0 radical (unpaired) electrons. The highest BCUT2D eigenvalue weighted by molar-refractivity contribution is 5.70. The molecule has 0 spiro atoms. The fourth-order valence-corrected chi connectivity index (χ4v) is 3.33. The molecule has 27 heavy (non-hydrogen) atoms. The van der Waals surface area contributed by atoms with E-state index in [0.29, 0.717) is 47.7 Å². The number of rotatable bonds is 3. The quantitative estimate of drug-likeness (QED) is 0.489. The van der Waals surface area contributed by atoms with Gasteiger partial charge in [0, 0.05) is 12.0 Å². The Labute approximate surface area is 153 Å². The van der Waals surface area contributed by atoms with Gasteiger partial charge in [0.2, 0.25) is 11.7 Å². The summed E-state index contributed by atoms with van der Waals surface area (Å²) in [5.41, 5.74) is 2.89. The molecule has 0 unspecified atom stereocenters. The average molecular weight is 365 g/mol. The summed E-state index contributed by atoms with van der Waals surface area (Å²) >= 11 is 0. The Kier molecular flexibility index (Phi) is 3.43. The summed E-state index contributed by atoms with van der Waals surface area (Å²) in [6.45, 7) is 4.60.